The average Bonchev–Trinajstić information content (AvgIpc) is 2.97. The summed E-state index contributed by atoms with van der Waals surface area (Å²) in [7, 11) is 0. The second-order valence-electron chi connectivity index (χ2n) is 5.62. The zero-order valence-corrected chi connectivity index (χ0v) is 11.8. The molecule has 0 aromatic heterocycles. The van der Waals surface area contributed by atoms with Crippen molar-refractivity contribution >= 4 is 0 Å². The molecule has 102 valence electrons. The first kappa shape index (κ1) is 13.4. The molecule has 2 aromatic carbocycles. The van der Waals surface area contributed by atoms with E-state index in [2.05, 4.69) is 12.1 Å². The molecule has 0 saturated heterocycles. The lowest BCUT2D eigenvalue weighted by Gasteiger charge is -2.37. The fourth-order valence-corrected chi connectivity index (χ4v) is 3.70. The molecule has 0 radical (unpaired) electrons. The summed E-state index contributed by atoms with van der Waals surface area (Å²) in [4.78, 5) is 0. The van der Waals surface area contributed by atoms with Crippen molar-refractivity contribution in [1.29, 1.82) is 10.5 Å². The predicted octanol–water partition coefficient (Wildman–Crippen LogP) is 4.09. The second kappa shape index (κ2) is 5.08. The molecular formula is C19H16N2. The summed E-state index contributed by atoms with van der Waals surface area (Å²) >= 11 is 0. The Morgan fingerprint density at radius 1 is 0.667 bits per heavy atom. The SMILES string of the molecule is N#C[C@]1(c2ccccc2)CCC[C@]1(C#N)c1ccccc1. The Labute approximate surface area is 125 Å². The van der Waals surface area contributed by atoms with E-state index in [-0.39, 0.29) is 0 Å². The van der Waals surface area contributed by atoms with Gasteiger partial charge in [0.1, 0.15) is 10.8 Å². The molecule has 2 heteroatoms. The van der Waals surface area contributed by atoms with E-state index >= 15 is 0 Å². The normalized spacial score (nSPS) is 27.7. The molecule has 2 atom stereocenters. The average molecular weight is 272 g/mol. The fraction of sp³-hybridized carbons (Fsp3) is 0.263. The van der Waals surface area contributed by atoms with Crippen LogP contribution in [0.2, 0.25) is 0 Å². The van der Waals surface area contributed by atoms with Crippen LogP contribution in [0.5, 0.6) is 0 Å². The topological polar surface area (TPSA) is 47.6 Å². The molecule has 1 aliphatic carbocycles. The number of nitrogens with zero attached hydrogens (tertiary/aromatic N) is 2. The van der Waals surface area contributed by atoms with Crippen LogP contribution in [0.25, 0.3) is 0 Å². The third-order valence-electron chi connectivity index (χ3n) is 4.75. The first-order valence-corrected chi connectivity index (χ1v) is 7.23. The van der Waals surface area contributed by atoms with Crippen molar-refractivity contribution in [3.63, 3.8) is 0 Å². The van der Waals surface area contributed by atoms with Crippen LogP contribution in [0.3, 0.4) is 0 Å². The van der Waals surface area contributed by atoms with Crippen molar-refractivity contribution in [2.75, 3.05) is 0 Å². The van der Waals surface area contributed by atoms with E-state index in [0.717, 1.165) is 30.4 Å². The molecule has 0 unspecified atom stereocenters. The van der Waals surface area contributed by atoms with Crippen molar-refractivity contribution in [3.8, 4) is 12.1 Å². The van der Waals surface area contributed by atoms with Crippen molar-refractivity contribution in [1.82, 2.24) is 0 Å². The monoisotopic (exact) mass is 272 g/mol. The van der Waals surface area contributed by atoms with Crippen LogP contribution < -0.4 is 0 Å². The Balaban J connectivity index is 2.26. The fourth-order valence-electron chi connectivity index (χ4n) is 3.70. The van der Waals surface area contributed by atoms with Gasteiger partial charge in [-0.25, -0.2) is 0 Å². The highest BCUT2D eigenvalue weighted by Gasteiger charge is 2.58. The molecule has 1 aliphatic rings. The van der Waals surface area contributed by atoms with Gasteiger partial charge in [0, 0.05) is 0 Å². The predicted molar refractivity (Wildman–Crippen MR) is 81.3 cm³/mol. The molecule has 2 aromatic rings. The first-order chi connectivity index (χ1) is 10.3. The van der Waals surface area contributed by atoms with Gasteiger partial charge in [-0.1, -0.05) is 60.7 Å². The Hall–Kier alpha value is -2.58. The van der Waals surface area contributed by atoms with Crippen LogP contribution >= 0.6 is 0 Å². The molecule has 0 bridgehead atoms. The number of rotatable bonds is 2. The van der Waals surface area contributed by atoms with Gasteiger partial charge in [0.05, 0.1) is 12.1 Å². The Kier molecular flexibility index (Phi) is 3.24. The van der Waals surface area contributed by atoms with Crippen LogP contribution in [0.15, 0.2) is 60.7 Å². The van der Waals surface area contributed by atoms with E-state index in [9.17, 15) is 10.5 Å². The molecule has 2 nitrogen and oxygen atoms in total. The van der Waals surface area contributed by atoms with Crippen LogP contribution in [0.1, 0.15) is 30.4 Å². The lowest BCUT2D eigenvalue weighted by molar-refractivity contribution is 0.407. The maximum Gasteiger partial charge on any atom is 0.105 e. The third kappa shape index (κ3) is 1.77. The number of benzene rings is 2. The quantitative estimate of drug-likeness (QED) is 0.826. The third-order valence-corrected chi connectivity index (χ3v) is 4.75. The number of hydrogen-bond acceptors (Lipinski definition) is 2. The largest absolute Gasteiger partial charge is 0.197 e. The maximum atomic E-state index is 10.00. The Morgan fingerprint density at radius 2 is 1.05 bits per heavy atom. The van der Waals surface area contributed by atoms with Crippen molar-refractivity contribution < 1.29 is 0 Å². The van der Waals surface area contributed by atoms with Crippen LogP contribution in [0.4, 0.5) is 0 Å². The van der Waals surface area contributed by atoms with Crippen molar-refractivity contribution in [2.24, 2.45) is 0 Å². The molecule has 1 fully saturated rings. The van der Waals surface area contributed by atoms with Crippen LogP contribution in [-0.2, 0) is 10.8 Å². The smallest absolute Gasteiger partial charge is 0.105 e. The van der Waals surface area contributed by atoms with Gasteiger partial charge in [0.25, 0.3) is 0 Å². The van der Waals surface area contributed by atoms with Crippen molar-refractivity contribution in [3.05, 3.63) is 71.8 Å². The van der Waals surface area contributed by atoms with E-state index in [4.69, 9.17) is 0 Å². The van der Waals surface area contributed by atoms with Crippen LogP contribution in [0, 0.1) is 22.7 Å². The van der Waals surface area contributed by atoms with E-state index in [1.807, 2.05) is 60.7 Å². The zero-order valence-electron chi connectivity index (χ0n) is 11.8. The molecule has 1 saturated carbocycles. The lowest BCUT2D eigenvalue weighted by atomic mass is 9.60. The summed E-state index contributed by atoms with van der Waals surface area (Å²) in [5, 5.41) is 20.0. The molecule has 21 heavy (non-hydrogen) atoms. The highest BCUT2D eigenvalue weighted by molar-refractivity contribution is 5.51. The maximum absolute atomic E-state index is 10.00. The molecule has 3 rings (SSSR count). The lowest BCUT2D eigenvalue weighted by Crippen LogP contribution is -2.43. The highest BCUT2D eigenvalue weighted by atomic mass is 14.6. The summed E-state index contributed by atoms with van der Waals surface area (Å²) < 4.78 is 0. The van der Waals surface area contributed by atoms with Crippen molar-refractivity contribution in [2.45, 2.75) is 30.1 Å². The summed E-state index contributed by atoms with van der Waals surface area (Å²) in [5.74, 6) is 0. The second-order valence-corrected chi connectivity index (χ2v) is 5.62. The van der Waals surface area contributed by atoms with E-state index in [0.29, 0.717) is 0 Å². The Bertz CT molecular complexity index is 645. The van der Waals surface area contributed by atoms with Gasteiger partial charge in [-0.2, -0.15) is 10.5 Å². The minimum Gasteiger partial charge on any atom is -0.197 e. The standard InChI is InChI=1S/C19H16N2/c20-14-18(16-8-3-1-4-9-16)12-7-13-19(18,15-21)17-10-5-2-6-11-17/h1-6,8-11H,7,12-13H2/t18-,19-/m0/s1. The van der Waals surface area contributed by atoms with E-state index in [1.54, 1.807) is 0 Å². The van der Waals surface area contributed by atoms with Gasteiger partial charge >= 0.3 is 0 Å². The first-order valence-electron chi connectivity index (χ1n) is 7.23. The number of hydrogen-bond donors (Lipinski definition) is 0. The summed E-state index contributed by atoms with van der Waals surface area (Å²) in [5.41, 5.74) is 0.389. The van der Waals surface area contributed by atoms with E-state index < -0.39 is 10.8 Å². The highest BCUT2D eigenvalue weighted by Crippen LogP contribution is 2.55. The summed E-state index contributed by atoms with van der Waals surface area (Å²) in [6.45, 7) is 0. The summed E-state index contributed by atoms with van der Waals surface area (Å²) in [6.07, 6.45) is 2.36. The molecule has 0 N–H and O–H groups in total. The van der Waals surface area contributed by atoms with E-state index in [1.165, 1.54) is 0 Å². The molecule has 0 amide bonds. The molecule has 0 aliphatic heterocycles. The van der Waals surface area contributed by atoms with Gasteiger partial charge < -0.3 is 0 Å². The van der Waals surface area contributed by atoms with Crippen LogP contribution in [-0.4, -0.2) is 0 Å². The molecule has 0 heterocycles. The number of nitriles is 2. The van der Waals surface area contributed by atoms with Gasteiger partial charge in [0.15, 0.2) is 0 Å². The molecular weight excluding hydrogens is 256 g/mol. The van der Waals surface area contributed by atoms with Gasteiger partial charge in [-0.15, -0.1) is 0 Å². The van der Waals surface area contributed by atoms with Gasteiger partial charge in [0.2, 0.25) is 0 Å². The Morgan fingerprint density at radius 3 is 1.38 bits per heavy atom. The van der Waals surface area contributed by atoms with Gasteiger partial charge in [-0.3, -0.25) is 0 Å². The molecule has 0 spiro atoms. The van der Waals surface area contributed by atoms with Gasteiger partial charge in [-0.05, 0) is 30.4 Å². The zero-order chi connectivity index (χ0) is 14.8. The summed E-state index contributed by atoms with van der Waals surface area (Å²) in [6, 6.07) is 24.6. The minimum atomic E-state index is -0.760. The minimum absolute atomic E-state index is 0.732.